The van der Waals surface area contributed by atoms with Crippen molar-refractivity contribution in [3.8, 4) is 5.75 Å². The van der Waals surface area contributed by atoms with Crippen LogP contribution in [-0.2, 0) is 30.3 Å². The quantitative estimate of drug-likeness (QED) is 0.0176. The first-order chi connectivity index (χ1) is 39.3. The molecular weight excluding hydrogens is 1120 g/mol. The number of rotatable bonds is 21. The van der Waals surface area contributed by atoms with Crippen LogP contribution >= 0.6 is 12.0 Å². The third-order valence-corrected chi connectivity index (χ3v) is 17.9. The van der Waals surface area contributed by atoms with E-state index in [-0.39, 0.29) is 17.5 Å². The number of allylic oxidation sites excluding steroid dienone is 7. The van der Waals surface area contributed by atoms with Gasteiger partial charge in [0, 0.05) is 76.4 Å². The number of ether oxygens (including phenoxy) is 1. The van der Waals surface area contributed by atoms with Crippen molar-refractivity contribution >= 4 is 51.1 Å². The van der Waals surface area contributed by atoms with Crippen molar-refractivity contribution < 1.29 is 97.6 Å². The Balaban J connectivity index is 1.15. The molecule has 13 N–H and O–H groups in total. The standard InChI is InChI=1S/C58H74N4O19S2/c1-57(2)36-29-33(55(73)59-42-44(63)48(67)52(71)49(68)45(42)64)17-21-38(36)61(25-8-10-27-82-81-80-75)40(57)23-19-31-13-12-14-32(54(31)79-35-15-6-5-7-16-35)20-24-41-58(3,4)37-30-34(18-22-39(37)62(41)26-9-11-28-83(76,77)78)56(74)60-43-46(65)50(69)53(72)51(70)47(43)66/h5-7,15-24,29-30,42-53,63-72H,8-14,25-28H2,1-4H3,(H3-,59,60,73,74,75,76,77,78). The van der Waals surface area contributed by atoms with E-state index in [1.54, 1.807) is 30.3 Å². The van der Waals surface area contributed by atoms with Crippen LogP contribution in [0.3, 0.4) is 0 Å². The van der Waals surface area contributed by atoms with E-state index in [1.165, 1.54) is 6.07 Å². The lowest BCUT2D eigenvalue weighted by atomic mass is 9.80. The summed E-state index contributed by atoms with van der Waals surface area (Å²) >= 11 is 0.886. The predicted octanol–water partition coefficient (Wildman–Crippen LogP) is 0.897. The number of aliphatic hydroxyl groups is 10. The van der Waals surface area contributed by atoms with Gasteiger partial charge >= 0.3 is 0 Å². The van der Waals surface area contributed by atoms with Gasteiger partial charge in [-0.15, -0.1) is 0 Å². The molecule has 23 nitrogen and oxygen atoms in total. The normalized spacial score (nSPS) is 29.6. The molecule has 3 aromatic carbocycles. The minimum absolute atomic E-state index is 0.124. The topological polar surface area (TPSA) is 372 Å². The van der Waals surface area contributed by atoms with Gasteiger partial charge in [0.1, 0.15) is 79.1 Å². The van der Waals surface area contributed by atoms with Crippen LogP contribution in [-0.4, -0.2) is 184 Å². The van der Waals surface area contributed by atoms with Crippen molar-refractivity contribution in [1.82, 2.24) is 10.6 Å². The van der Waals surface area contributed by atoms with E-state index in [9.17, 15) is 78.9 Å². The summed E-state index contributed by atoms with van der Waals surface area (Å²) in [4.78, 5) is 29.8. The van der Waals surface area contributed by atoms with Crippen LogP contribution in [0.1, 0.15) is 104 Å². The maximum Gasteiger partial charge on any atom is 0.264 e. The minimum atomic E-state index is -4.24. The number of hydrogen-bond donors (Lipinski definition) is 13. The second-order valence-electron chi connectivity index (χ2n) is 22.7. The van der Waals surface area contributed by atoms with Gasteiger partial charge < -0.3 is 76.6 Å². The fourth-order valence-electron chi connectivity index (χ4n) is 11.7. The molecule has 8 unspecified atom stereocenters. The van der Waals surface area contributed by atoms with Gasteiger partial charge in [0.05, 0.1) is 23.3 Å². The van der Waals surface area contributed by atoms with E-state index < -0.39 is 112 Å². The number of nitrogens with zero attached hydrogens (tertiary/aromatic N) is 2. The van der Waals surface area contributed by atoms with E-state index in [0.29, 0.717) is 73.7 Å². The van der Waals surface area contributed by atoms with Crippen molar-refractivity contribution in [3.05, 3.63) is 136 Å². The van der Waals surface area contributed by atoms with E-state index in [4.69, 9.17) is 4.74 Å². The van der Waals surface area contributed by atoms with Crippen molar-refractivity contribution in [2.24, 2.45) is 0 Å². The van der Waals surface area contributed by atoms with Crippen LogP contribution in [0.4, 0.5) is 11.4 Å². The summed E-state index contributed by atoms with van der Waals surface area (Å²) in [5.41, 5.74) is 5.05. The maximum atomic E-state index is 13.9. The molecule has 8 rings (SSSR count). The summed E-state index contributed by atoms with van der Waals surface area (Å²) in [6, 6.07) is 16.3. The van der Waals surface area contributed by atoms with Gasteiger partial charge in [-0.05, 0) is 124 Å². The highest BCUT2D eigenvalue weighted by molar-refractivity contribution is 7.94. The molecule has 3 aliphatic carbocycles. The first-order valence-electron chi connectivity index (χ1n) is 27.5. The lowest BCUT2D eigenvalue weighted by molar-refractivity contribution is -0.777. The van der Waals surface area contributed by atoms with Gasteiger partial charge in [-0.1, -0.05) is 38.1 Å². The van der Waals surface area contributed by atoms with Gasteiger partial charge in [-0.2, -0.15) is 17.3 Å². The van der Waals surface area contributed by atoms with Crippen LogP contribution in [0.2, 0.25) is 0 Å². The van der Waals surface area contributed by atoms with Gasteiger partial charge in [0.2, 0.25) is 5.69 Å². The molecule has 452 valence electrons. The molecule has 5 aliphatic rings. The molecule has 0 spiro atoms. The SMILES string of the molecule is CC1(C)C(/C=C/C2=C(Oc3ccccc3)C(=C/C=C3/N(CCCCSOO[O-])c4ccc(C(=O)NC5C(O)C(O)C(O)C(O)C5O)cc4C3(C)C)/CCC2)=[N+](CCCCS(=O)(=O)O)c2ccc(C(=O)NC3C(O)C(O)C(O)C(O)C3O)cc21. The number of para-hydroxylation sites is 1. The summed E-state index contributed by atoms with van der Waals surface area (Å²) in [6.45, 7) is 8.78. The molecule has 0 aromatic heterocycles. The van der Waals surface area contributed by atoms with Crippen molar-refractivity contribution in [2.75, 3.05) is 29.5 Å². The van der Waals surface area contributed by atoms with Crippen molar-refractivity contribution in [1.29, 1.82) is 0 Å². The number of nitrogens with one attached hydrogen (secondary N) is 2. The molecule has 3 aromatic rings. The largest absolute Gasteiger partial charge is 0.691 e. The van der Waals surface area contributed by atoms with Crippen LogP contribution in [0.15, 0.2) is 114 Å². The fraction of sp³-hybridized carbons (Fsp3) is 0.500. The maximum absolute atomic E-state index is 13.9. The smallest absolute Gasteiger partial charge is 0.264 e. The molecule has 83 heavy (non-hydrogen) atoms. The third kappa shape index (κ3) is 13.7. The lowest BCUT2D eigenvalue weighted by Crippen LogP contribution is -2.68. The summed E-state index contributed by atoms with van der Waals surface area (Å²) in [7, 11) is -4.24. The minimum Gasteiger partial charge on any atom is -0.691 e. The number of aliphatic hydroxyl groups excluding tert-OH is 10. The first kappa shape index (κ1) is 63.6. The van der Waals surface area contributed by atoms with Gasteiger partial charge in [-0.25, -0.2) is 0 Å². The number of unbranched alkanes of at least 4 members (excludes halogenated alkanes) is 2. The van der Waals surface area contributed by atoms with Crippen LogP contribution < -0.4 is 25.5 Å². The Labute approximate surface area is 485 Å². The van der Waals surface area contributed by atoms with Crippen LogP contribution in [0.5, 0.6) is 5.75 Å². The Bertz CT molecular complexity index is 3100. The molecule has 2 amide bonds. The van der Waals surface area contributed by atoms with E-state index in [1.807, 2.05) is 86.9 Å². The first-order valence-corrected chi connectivity index (χ1v) is 30.0. The van der Waals surface area contributed by atoms with E-state index in [0.717, 1.165) is 52.3 Å². The number of carbonyl (C=O) groups is 2. The van der Waals surface area contributed by atoms with Gasteiger partial charge in [0.15, 0.2) is 5.71 Å². The number of hydrogen-bond acceptors (Lipinski definition) is 20. The number of benzene rings is 3. The molecule has 0 saturated heterocycles. The van der Waals surface area contributed by atoms with Crippen molar-refractivity contribution in [3.63, 3.8) is 0 Å². The second kappa shape index (κ2) is 26.5. The highest BCUT2D eigenvalue weighted by Gasteiger charge is 2.51. The zero-order valence-corrected chi connectivity index (χ0v) is 47.9. The third-order valence-electron chi connectivity index (χ3n) is 16.5. The summed E-state index contributed by atoms with van der Waals surface area (Å²) < 4.78 is 46.4. The number of anilines is 1. The number of fused-ring (bicyclic) bond motifs is 2. The Kier molecular flexibility index (Phi) is 20.3. The summed E-state index contributed by atoms with van der Waals surface area (Å²) in [5.74, 6) is -0.250. The number of carbonyl (C=O) groups excluding carboxylic acids is 2. The Morgan fingerprint density at radius 3 is 1.84 bits per heavy atom. The molecule has 25 heteroatoms. The Morgan fingerprint density at radius 2 is 1.27 bits per heavy atom. The molecule has 0 bridgehead atoms. The average molecular weight is 1200 g/mol. The Morgan fingerprint density at radius 1 is 0.699 bits per heavy atom. The van der Waals surface area contributed by atoms with E-state index >= 15 is 0 Å². The molecule has 2 aliphatic heterocycles. The molecule has 2 heterocycles. The van der Waals surface area contributed by atoms with Crippen LogP contribution in [0, 0.1) is 0 Å². The molecule has 8 atom stereocenters. The summed E-state index contributed by atoms with van der Waals surface area (Å²) in [6.07, 6.45) is -6.52. The van der Waals surface area contributed by atoms with Gasteiger partial charge in [0.25, 0.3) is 21.9 Å². The molecule has 2 fully saturated rings. The Hall–Kier alpha value is -5.43. The summed E-state index contributed by atoms with van der Waals surface area (Å²) in [5, 5.41) is 123. The zero-order valence-electron chi connectivity index (χ0n) is 46.3. The highest BCUT2D eigenvalue weighted by atomic mass is 32.2. The highest BCUT2D eigenvalue weighted by Crippen LogP contribution is 2.49. The molecular formula is C58H74N4O19S2. The van der Waals surface area contributed by atoms with Gasteiger partial charge in [-0.3, -0.25) is 19.2 Å². The average Bonchev–Trinajstić information content (AvgIpc) is 2.12. The molecule has 0 radical (unpaired) electrons. The number of amides is 2. The van der Waals surface area contributed by atoms with Crippen molar-refractivity contribution in [2.45, 2.75) is 157 Å². The van der Waals surface area contributed by atoms with Crippen LogP contribution in [0.25, 0.3) is 0 Å². The lowest BCUT2D eigenvalue weighted by Gasteiger charge is -2.42. The monoisotopic (exact) mass is 1190 g/mol. The van der Waals surface area contributed by atoms with E-state index in [2.05, 4.69) is 24.9 Å². The predicted molar refractivity (Wildman–Crippen MR) is 301 cm³/mol. The fourth-order valence-corrected chi connectivity index (χ4v) is 12.7. The molecule has 2 saturated carbocycles. The zero-order chi connectivity index (χ0) is 60.3. The second-order valence-corrected chi connectivity index (χ2v) is 25.0.